The lowest BCUT2D eigenvalue weighted by molar-refractivity contribution is 0.313. The summed E-state index contributed by atoms with van der Waals surface area (Å²) in [6, 6.07) is 5.42. The second-order valence-electron chi connectivity index (χ2n) is 6.42. The highest BCUT2D eigenvalue weighted by Gasteiger charge is 2.24. The Morgan fingerprint density at radius 2 is 2.00 bits per heavy atom. The van der Waals surface area contributed by atoms with E-state index in [2.05, 4.69) is 55.2 Å². The number of pyridine rings is 1. The summed E-state index contributed by atoms with van der Waals surface area (Å²) in [7, 11) is 2.21. The number of nitrogens with one attached hydrogen (secondary N) is 1. The standard InChI is InChI=1S/C18H31N3/c1-5-15-7-9-17(10-8-15)21(4)18-13-16(11-12-20-18)14(3)19-6-2/h11-15,17,19H,5-10H2,1-4H3. The minimum atomic E-state index is 0.390. The summed E-state index contributed by atoms with van der Waals surface area (Å²) in [5, 5.41) is 3.47. The van der Waals surface area contributed by atoms with Crippen LogP contribution in [0, 0.1) is 5.92 Å². The average molecular weight is 289 g/mol. The lowest BCUT2D eigenvalue weighted by atomic mass is 9.84. The van der Waals surface area contributed by atoms with E-state index in [0.29, 0.717) is 12.1 Å². The van der Waals surface area contributed by atoms with E-state index < -0.39 is 0 Å². The van der Waals surface area contributed by atoms with Crippen LogP contribution in [0.4, 0.5) is 5.82 Å². The van der Waals surface area contributed by atoms with Gasteiger partial charge in [-0.25, -0.2) is 4.98 Å². The molecule has 0 radical (unpaired) electrons. The van der Waals surface area contributed by atoms with Gasteiger partial charge < -0.3 is 10.2 Å². The fourth-order valence-corrected chi connectivity index (χ4v) is 3.45. The molecule has 21 heavy (non-hydrogen) atoms. The zero-order chi connectivity index (χ0) is 15.2. The highest BCUT2D eigenvalue weighted by atomic mass is 15.2. The van der Waals surface area contributed by atoms with Gasteiger partial charge in [-0.3, -0.25) is 0 Å². The highest BCUT2D eigenvalue weighted by Crippen LogP contribution is 2.31. The fourth-order valence-electron chi connectivity index (χ4n) is 3.45. The zero-order valence-corrected chi connectivity index (χ0v) is 14.1. The topological polar surface area (TPSA) is 28.2 Å². The Balaban J connectivity index is 2.02. The van der Waals surface area contributed by atoms with Gasteiger partial charge >= 0.3 is 0 Å². The maximum absolute atomic E-state index is 4.59. The molecule has 118 valence electrons. The van der Waals surface area contributed by atoms with Crippen molar-refractivity contribution in [3.8, 4) is 0 Å². The number of rotatable bonds is 6. The zero-order valence-electron chi connectivity index (χ0n) is 14.1. The number of hydrogen-bond donors (Lipinski definition) is 1. The Kier molecular flexibility index (Phi) is 6.04. The van der Waals surface area contributed by atoms with E-state index in [1.165, 1.54) is 37.7 Å². The van der Waals surface area contributed by atoms with Crippen molar-refractivity contribution in [1.82, 2.24) is 10.3 Å². The quantitative estimate of drug-likeness (QED) is 0.852. The van der Waals surface area contributed by atoms with Gasteiger partial charge in [0, 0.05) is 25.3 Å². The van der Waals surface area contributed by atoms with Crippen molar-refractivity contribution in [2.45, 2.75) is 65.0 Å². The van der Waals surface area contributed by atoms with Gasteiger partial charge in [-0.15, -0.1) is 0 Å². The Hall–Kier alpha value is -1.09. The minimum Gasteiger partial charge on any atom is -0.357 e. The van der Waals surface area contributed by atoms with E-state index in [1.54, 1.807) is 0 Å². The SMILES string of the molecule is CCNC(C)c1ccnc(N(C)C2CCC(CC)CC2)c1. The Labute approximate surface area is 130 Å². The monoisotopic (exact) mass is 289 g/mol. The summed E-state index contributed by atoms with van der Waals surface area (Å²) in [4.78, 5) is 6.99. The Morgan fingerprint density at radius 3 is 2.62 bits per heavy atom. The lowest BCUT2D eigenvalue weighted by Gasteiger charge is -2.35. The van der Waals surface area contributed by atoms with Crippen LogP contribution >= 0.6 is 0 Å². The van der Waals surface area contributed by atoms with E-state index in [-0.39, 0.29) is 0 Å². The fraction of sp³-hybridized carbons (Fsp3) is 0.722. The average Bonchev–Trinajstić information content (AvgIpc) is 2.54. The predicted octanol–water partition coefficient (Wildman–Crippen LogP) is 4.16. The van der Waals surface area contributed by atoms with Gasteiger partial charge in [-0.2, -0.15) is 0 Å². The molecule has 1 aliphatic rings. The van der Waals surface area contributed by atoms with E-state index in [4.69, 9.17) is 0 Å². The van der Waals surface area contributed by atoms with Gasteiger partial charge in [-0.05, 0) is 62.8 Å². The molecule has 0 bridgehead atoms. The highest BCUT2D eigenvalue weighted by molar-refractivity contribution is 5.42. The lowest BCUT2D eigenvalue weighted by Crippen LogP contribution is -2.35. The van der Waals surface area contributed by atoms with Crippen LogP contribution in [0.3, 0.4) is 0 Å². The van der Waals surface area contributed by atoms with Crippen LogP contribution in [0.25, 0.3) is 0 Å². The molecule has 0 aliphatic heterocycles. The molecule has 0 aromatic carbocycles. The summed E-state index contributed by atoms with van der Waals surface area (Å²) in [6.07, 6.45) is 8.66. The molecule has 1 N–H and O–H groups in total. The molecule has 1 unspecified atom stereocenters. The van der Waals surface area contributed by atoms with Crippen LogP contribution < -0.4 is 10.2 Å². The molecule has 1 fully saturated rings. The Bertz CT molecular complexity index is 424. The van der Waals surface area contributed by atoms with Crippen molar-refractivity contribution in [3.63, 3.8) is 0 Å². The van der Waals surface area contributed by atoms with Gasteiger partial charge in [0.2, 0.25) is 0 Å². The van der Waals surface area contributed by atoms with Crippen molar-refractivity contribution in [1.29, 1.82) is 0 Å². The molecule has 1 atom stereocenters. The summed E-state index contributed by atoms with van der Waals surface area (Å²) < 4.78 is 0. The van der Waals surface area contributed by atoms with Gasteiger partial charge in [0.1, 0.15) is 5.82 Å². The summed E-state index contributed by atoms with van der Waals surface area (Å²) in [5.41, 5.74) is 1.33. The van der Waals surface area contributed by atoms with Gasteiger partial charge in [-0.1, -0.05) is 20.3 Å². The first-order valence-corrected chi connectivity index (χ1v) is 8.57. The molecule has 3 heteroatoms. The molecule has 0 spiro atoms. The molecule has 1 aliphatic carbocycles. The van der Waals surface area contributed by atoms with Gasteiger partial charge in [0.25, 0.3) is 0 Å². The molecular formula is C18H31N3. The van der Waals surface area contributed by atoms with Crippen LogP contribution in [0.1, 0.15) is 64.5 Å². The predicted molar refractivity (Wildman–Crippen MR) is 90.8 cm³/mol. The van der Waals surface area contributed by atoms with Crippen molar-refractivity contribution in [3.05, 3.63) is 23.9 Å². The van der Waals surface area contributed by atoms with Crippen LogP contribution in [-0.4, -0.2) is 24.6 Å². The van der Waals surface area contributed by atoms with Gasteiger partial charge in [0.15, 0.2) is 0 Å². The molecule has 0 saturated heterocycles. The molecule has 0 amide bonds. The minimum absolute atomic E-state index is 0.390. The number of anilines is 1. The van der Waals surface area contributed by atoms with Crippen molar-refractivity contribution < 1.29 is 0 Å². The molecule has 1 aromatic rings. The molecule has 3 nitrogen and oxygen atoms in total. The second-order valence-corrected chi connectivity index (χ2v) is 6.42. The largest absolute Gasteiger partial charge is 0.357 e. The van der Waals surface area contributed by atoms with E-state index in [1.807, 2.05) is 6.20 Å². The summed E-state index contributed by atoms with van der Waals surface area (Å²) in [6.45, 7) is 7.68. The first kappa shape index (κ1) is 16.3. The normalized spacial score (nSPS) is 23.8. The third kappa shape index (κ3) is 4.19. The number of nitrogens with zero attached hydrogens (tertiary/aromatic N) is 2. The van der Waals surface area contributed by atoms with Crippen molar-refractivity contribution in [2.24, 2.45) is 5.92 Å². The summed E-state index contributed by atoms with van der Waals surface area (Å²) in [5.74, 6) is 2.07. The van der Waals surface area contributed by atoms with Crippen LogP contribution in [-0.2, 0) is 0 Å². The van der Waals surface area contributed by atoms with Crippen LogP contribution in [0.15, 0.2) is 18.3 Å². The first-order chi connectivity index (χ1) is 10.2. The van der Waals surface area contributed by atoms with E-state index in [0.717, 1.165) is 18.3 Å². The molecular weight excluding hydrogens is 258 g/mol. The summed E-state index contributed by atoms with van der Waals surface area (Å²) >= 11 is 0. The molecule has 1 saturated carbocycles. The molecule has 2 rings (SSSR count). The second kappa shape index (κ2) is 7.79. The van der Waals surface area contributed by atoms with Crippen LogP contribution in [0.2, 0.25) is 0 Å². The van der Waals surface area contributed by atoms with Crippen LogP contribution in [0.5, 0.6) is 0 Å². The number of hydrogen-bond acceptors (Lipinski definition) is 3. The van der Waals surface area contributed by atoms with Crippen molar-refractivity contribution >= 4 is 5.82 Å². The smallest absolute Gasteiger partial charge is 0.128 e. The maximum atomic E-state index is 4.59. The molecule has 1 heterocycles. The van der Waals surface area contributed by atoms with E-state index in [9.17, 15) is 0 Å². The Morgan fingerprint density at radius 1 is 1.29 bits per heavy atom. The maximum Gasteiger partial charge on any atom is 0.128 e. The van der Waals surface area contributed by atoms with Crippen molar-refractivity contribution in [2.75, 3.05) is 18.5 Å². The van der Waals surface area contributed by atoms with E-state index >= 15 is 0 Å². The first-order valence-electron chi connectivity index (χ1n) is 8.57. The third-order valence-corrected chi connectivity index (χ3v) is 5.08. The molecule has 1 aromatic heterocycles. The van der Waals surface area contributed by atoms with Gasteiger partial charge in [0.05, 0.1) is 0 Å². The third-order valence-electron chi connectivity index (χ3n) is 5.08. The number of aromatic nitrogens is 1.